The summed E-state index contributed by atoms with van der Waals surface area (Å²) in [7, 11) is 2.07. The Bertz CT molecular complexity index is 912. The van der Waals surface area contributed by atoms with E-state index < -0.39 is 5.41 Å². The minimum Gasteiger partial charge on any atom is -0.304 e. The Labute approximate surface area is 169 Å². The summed E-state index contributed by atoms with van der Waals surface area (Å²) in [6, 6.07) is 14.1. The molecule has 28 heavy (non-hydrogen) atoms. The van der Waals surface area contributed by atoms with Crippen LogP contribution in [0.1, 0.15) is 13.8 Å². The Morgan fingerprint density at radius 3 is 2.43 bits per heavy atom. The molecule has 0 bridgehead atoms. The monoisotopic (exact) mass is 392 g/mol. The number of aromatic nitrogens is 2. The van der Waals surface area contributed by atoms with Crippen molar-refractivity contribution in [3.63, 3.8) is 0 Å². The molecule has 3 heterocycles. The van der Waals surface area contributed by atoms with E-state index in [4.69, 9.17) is 4.98 Å². The lowest BCUT2D eigenvalue weighted by atomic mass is 9.92. The molecule has 4 rings (SSSR count). The van der Waals surface area contributed by atoms with Gasteiger partial charge in [0.05, 0.1) is 16.0 Å². The molecule has 1 saturated heterocycles. The van der Waals surface area contributed by atoms with Gasteiger partial charge in [-0.1, -0.05) is 41.7 Å². The highest BCUT2D eigenvalue weighted by molar-refractivity contribution is 7.19. The number of carbonyl (C=O) groups excluding carboxylic acids is 1. The second-order valence-corrected chi connectivity index (χ2v) is 8.83. The van der Waals surface area contributed by atoms with Crippen LogP contribution in [0.3, 0.4) is 0 Å². The van der Waals surface area contributed by atoms with Gasteiger partial charge in [-0.05, 0) is 38.6 Å². The zero-order valence-electron chi connectivity index (χ0n) is 16.4. The first-order chi connectivity index (χ1) is 13.5. The lowest BCUT2D eigenvalue weighted by molar-refractivity contribution is -0.126. The van der Waals surface area contributed by atoms with Gasteiger partial charge in [0, 0.05) is 37.6 Å². The summed E-state index contributed by atoms with van der Waals surface area (Å²) < 4.78 is 0. The van der Waals surface area contributed by atoms with E-state index in [1.54, 1.807) is 23.7 Å². The summed E-state index contributed by atoms with van der Waals surface area (Å²) in [6.07, 6.45) is 3.58. The fourth-order valence-corrected chi connectivity index (χ4v) is 4.77. The number of rotatable bonds is 3. The first-order valence-corrected chi connectivity index (χ1v) is 10.2. The van der Waals surface area contributed by atoms with Crippen LogP contribution in [-0.4, -0.2) is 47.5 Å². The summed E-state index contributed by atoms with van der Waals surface area (Å²) in [6.45, 7) is 6.26. The van der Waals surface area contributed by atoms with Crippen LogP contribution < -0.4 is 4.90 Å². The van der Waals surface area contributed by atoms with Crippen LogP contribution in [-0.2, 0) is 4.79 Å². The molecular formula is C22H24N4OS. The SMILES string of the molecule is CN1CCN(c2nc(-c3ccccc3)c(-c3ccncc3)s2)C(=O)C(C)(C)C1. The van der Waals surface area contributed by atoms with Crippen molar-refractivity contribution in [3.8, 4) is 21.7 Å². The van der Waals surface area contributed by atoms with E-state index in [-0.39, 0.29) is 5.91 Å². The summed E-state index contributed by atoms with van der Waals surface area (Å²) >= 11 is 1.58. The molecule has 1 amide bonds. The number of thiazole rings is 1. The second kappa shape index (κ2) is 7.45. The third-order valence-corrected chi connectivity index (χ3v) is 6.16. The predicted molar refractivity (Wildman–Crippen MR) is 114 cm³/mol. The third-order valence-electron chi connectivity index (χ3n) is 5.03. The molecule has 6 heteroatoms. The van der Waals surface area contributed by atoms with Gasteiger partial charge in [-0.2, -0.15) is 0 Å². The van der Waals surface area contributed by atoms with Gasteiger partial charge in [0.2, 0.25) is 5.91 Å². The van der Waals surface area contributed by atoms with Crippen LogP contribution in [0.2, 0.25) is 0 Å². The molecule has 0 radical (unpaired) electrons. The Morgan fingerprint density at radius 2 is 1.71 bits per heavy atom. The first kappa shape index (κ1) is 18.8. The van der Waals surface area contributed by atoms with Crippen molar-refractivity contribution in [1.29, 1.82) is 0 Å². The van der Waals surface area contributed by atoms with Gasteiger partial charge in [0.25, 0.3) is 0 Å². The zero-order chi connectivity index (χ0) is 19.7. The number of pyridine rings is 1. The largest absolute Gasteiger partial charge is 0.304 e. The molecule has 144 valence electrons. The van der Waals surface area contributed by atoms with Gasteiger partial charge in [0.1, 0.15) is 0 Å². The number of hydrogen-bond acceptors (Lipinski definition) is 5. The zero-order valence-corrected chi connectivity index (χ0v) is 17.2. The van der Waals surface area contributed by atoms with Crippen molar-refractivity contribution in [2.75, 3.05) is 31.6 Å². The quantitative estimate of drug-likeness (QED) is 0.671. The molecule has 0 atom stereocenters. The van der Waals surface area contributed by atoms with Gasteiger partial charge < -0.3 is 4.90 Å². The molecule has 2 aromatic heterocycles. The minimum atomic E-state index is -0.444. The van der Waals surface area contributed by atoms with Crippen LogP contribution >= 0.6 is 11.3 Å². The lowest BCUT2D eigenvalue weighted by Crippen LogP contribution is -2.41. The van der Waals surface area contributed by atoms with Gasteiger partial charge in [-0.3, -0.25) is 14.7 Å². The van der Waals surface area contributed by atoms with E-state index in [0.717, 1.165) is 39.9 Å². The third kappa shape index (κ3) is 3.57. The van der Waals surface area contributed by atoms with Gasteiger partial charge in [-0.25, -0.2) is 4.98 Å². The maximum absolute atomic E-state index is 13.3. The number of likely N-dealkylation sites (N-methyl/N-ethyl adjacent to an activating group) is 1. The van der Waals surface area contributed by atoms with Crippen molar-refractivity contribution in [2.45, 2.75) is 13.8 Å². The van der Waals surface area contributed by atoms with Crippen LogP contribution in [0.5, 0.6) is 0 Å². The highest BCUT2D eigenvalue weighted by Crippen LogP contribution is 2.41. The molecule has 0 spiro atoms. The fourth-order valence-electron chi connectivity index (χ4n) is 3.66. The van der Waals surface area contributed by atoms with Crippen molar-refractivity contribution in [3.05, 3.63) is 54.9 Å². The standard InChI is InChI=1S/C22H24N4OS/c1-22(2)15-25(3)13-14-26(20(22)27)21-24-18(16-7-5-4-6-8-16)19(28-21)17-9-11-23-12-10-17/h4-12H,13-15H2,1-3H3. The van der Waals surface area contributed by atoms with Gasteiger partial charge in [-0.15, -0.1) is 0 Å². The number of carbonyl (C=O) groups is 1. The normalized spacial score (nSPS) is 17.5. The molecule has 1 aliphatic rings. The highest BCUT2D eigenvalue weighted by atomic mass is 32.1. The van der Waals surface area contributed by atoms with Gasteiger partial charge in [0.15, 0.2) is 5.13 Å². The number of nitrogens with zero attached hydrogens (tertiary/aromatic N) is 4. The minimum absolute atomic E-state index is 0.131. The average Bonchev–Trinajstić information content (AvgIpc) is 3.10. The Balaban J connectivity index is 1.83. The van der Waals surface area contributed by atoms with E-state index in [1.807, 2.05) is 49.1 Å². The van der Waals surface area contributed by atoms with Crippen LogP contribution in [0, 0.1) is 5.41 Å². The summed E-state index contributed by atoms with van der Waals surface area (Å²) in [5.74, 6) is 0.131. The number of anilines is 1. The molecule has 3 aromatic rings. The first-order valence-electron chi connectivity index (χ1n) is 9.43. The highest BCUT2D eigenvalue weighted by Gasteiger charge is 2.38. The van der Waals surface area contributed by atoms with Crippen molar-refractivity contribution in [1.82, 2.24) is 14.9 Å². The second-order valence-electron chi connectivity index (χ2n) is 7.85. The van der Waals surface area contributed by atoms with E-state index >= 15 is 0 Å². The lowest BCUT2D eigenvalue weighted by Gasteiger charge is -2.27. The molecule has 0 saturated carbocycles. The van der Waals surface area contributed by atoms with Gasteiger partial charge >= 0.3 is 0 Å². The Kier molecular flexibility index (Phi) is 5.00. The van der Waals surface area contributed by atoms with Crippen molar-refractivity contribution < 1.29 is 4.79 Å². The van der Waals surface area contributed by atoms with Crippen LogP contribution in [0.25, 0.3) is 21.7 Å². The molecule has 1 aliphatic heterocycles. The molecule has 1 fully saturated rings. The van der Waals surface area contributed by atoms with Crippen LogP contribution in [0.4, 0.5) is 5.13 Å². The molecule has 0 unspecified atom stereocenters. The molecule has 0 aliphatic carbocycles. The molecule has 0 N–H and O–H groups in total. The number of amides is 1. The Hall–Kier alpha value is -2.57. The fraction of sp³-hybridized carbons (Fsp3) is 0.318. The average molecular weight is 393 g/mol. The van der Waals surface area contributed by atoms with E-state index in [2.05, 4.69) is 29.1 Å². The van der Waals surface area contributed by atoms with E-state index in [1.165, 1.54) is 0 Å². The number of benzene rings is 1. The Morgan fingerprint density at radius 1 is 1.00 bits per heavy atom. The summed E-state index contributed by atoms with van der Waals surface area (Å²) in [4.78, 5) is 27.5. The van der Waals surface area contributed by atoms with Crippen molar-refractivity contribution >= 4 is 22.4 Å². The van der Waals surface area contributed by atoms with Crippen molar-refractivity contribution in [2.24, 2.45) is 5.41 Å². The molecule has 1 aromatic carbocycles. The summed E-state index contributed by atoms with van der Waals surface area (Å²) in [5, 5.41) is 0.763. The van der Waals surface area contributed by atoms with E-state index in [9.17, 15) is 4.79 Å². The maximum Gasteiger partial charge on any atom is 0.235 e. The maximum atomic E-state index is 13.3. The smallest absolute Gasteiger partial charge is 0.235 e. The van der Waals surface area contributed by atoms with E-state index in [0.29, 0.717) is 6.54 Å². The molecule has 5 nitrogen and oxygen atoms in total. The molecular weight excluding hydrogens is 368 g/mol. The van der Waals surface area contributed by atoms with Crippen LogP contribution in [0.15, 0.2) is 54.9 Å². The predicted octanol–water partition coefficient (Wildman–Crippen LogP) is 4.18. The topological polar surface area (TPSA) is 49.3 Å². The summed E-state index contributed by atoms with van der Waals surface area (Å²) in [5.41, 5.74) is 2.59. The number of hydrogen-bond donors (Lipinski definition) is 0.